The van der Waals surface area contributed by atoms with Crippen LogP contribution in [0.15, 0.2) is 30.3 Å². The quantitative estimate of drug-likeness (QED) is 0.673. The number of ether oxygens (including phenoxy) is 1. The maximum Gasteiger partial charge on any atom is 0.410 e. The van der Waals surface area contributed by atoms with Gasteiger partial charge in [0, 0.05) is 19.6 Å². The summed E-state index contributed by atoms with van der Waals surface area (Å²) in [5, 5.41) is 11.3. The van der Waals surface area contributed by atoms with Crippen LogP contribution in [0.3, 0.4) is 0 Å². The van der Waals surface area contributed by atoms with Gasteiger partial charge in [0.1, 0.15) is 12.8 Å². The fraction of sp³-hybridized carbons (Fsp3) is 0.579. The molecule has 28 heavy (non-hydrogen) atoms. The smallest absolute Gasteiger partial charge is 0.410 e. The van der Waals surface area contributed by atoms with Crippen LogP contribution in [0.4, 0.5) is 14.0 Å². The molecule has 1 aliphatic carbocycles. The first-order chi connectivity index (χ1) is 13.2. The lowest BCUT2D eigenvalue weighted by Gasteiger charge is -2.24. The van der Waals surface area contributed by atoms with Crippen molar-refractivity contribution < 1.29 is 23.8 Å². The third kappa shape index (κ3) is 7.69. The first-order valence-electron chi connectivity index (χ1n) is 9.31. The summed E-state index contributed by atoms with van der Waals surface area (Å²) in [6, 6.07) is 9.44. The summed E-state index contributed by atoms with van der Waals surface area (Å²) in [6.07, 6.45) is 1.17. The number of nitrogens with one attached hydrogen (secondary N) is 1. The van der Waals surface area contributed by atoms with E-state index in [1.54, 1.807) is 11.9 Å². The molecule has 0 aromatic heterocycles. The minimum absolute atomic E-state index is 0.160. The molecular weight excluding hydrogens is 367 g/mol. The van der Waals surface area contributed by atoms with Crippen LogP contribution in [0.2, 0.25) is 0 Å². The number of rotatable bonds is 4. The SMILES string of the molecule is CN(C(=O)NC(C)(N)O)C1CC1.O=C(OCc1ccccc1)N1CCC(F)C1. The van der Waals surface area contributed by atoms with E-state index in [-0.39, 0.29) is 19.2 Å². The van der Waals surface area contributed by atoms with E-state index in [0.29, 0.717) is 19.0 Å². The van der Waals surface area contributed by atoms with Crippen LogP contribution in [0.1, 0.15) is 31.7 Å². The maximum atomic E-state index is 12.8. The molecule has 1 aromatic carbocycles. The normalized spacial score (nSPS) is 20.5. The molecule has 2 aliphatic rings. The van der Waals surface area contributed by atoms with E-state index in [1.807, 2.05) is 30.3 Å². The number of halogens is 1. The number of urea groups is 1. The van der Waals surface area contributed by atoms with Crippen molar-refractivity contribution in [2.75, 3.05) is 20.1 Å². The summed E-state index contributed by atoms with van der Waals surface area (Å²) in [6.45, 7) is 2.18. The molecule has 1 saturated heterocycles. The van der Waals surface area contributed by atoms with Crippen molar-refractivity contribution in [3.8, 4) is 0 Å². The van der Waals surface area contributed by atoms with Gasteiger partial charge in [-0.15, -0.1) is 0 Å². The van der Waals surface area contributed by atoms with Gasteiger partial charge >= 0.3 is 12.1 Å². The average Bonchev–Trinajstić information content (AvgIpc) is 3.40. The third-order valence-electron chi connectivity index (χ3n) is 4.37. The molecule has 0 spiro atoms. The standard InChI is InChI=1S/C12H14FNO2.C7H15N3O2/c13-11-6-7-14(8-11)12(15)16-9-10-4-2-1-3-5-10;1-7(8,12)9-6(11)10(2)5-3-4-5/h1-5,11H,6-9H2;5,12H,3-4,8H2,1-2H3,(H,9,11). The van der Waals surface area contributed by atoms with E-state index in [9.17, 15) is 14.0 Å². The number of likely N-dealkylation sites (tertiary alicyclic amines) is 1. The number of hydrogen-bond donors (Lipinski definition) is 3. The van der Waals surface area contributed by atoms with Crippen molar-refractivity contribution in [1.82, 2.24) is 15.1 Å². The number of carbonyl (C=O) groups is 2. The lowest BCUT2D eigenvalue weighted by atomic mass is 10.2. The van der Waals surface area contributed by atoms with Crippen LogP contribution in [0.25, 0.3) is 0 Å². The largest absolute Gasteiger partial charge is 0.445 e. The van der Waals surface area contributed by atoms with Gasteiger partial charge in [0.2, 0.25) is 0 Å². The predicted molar refractivity (Wildman–Crippen MR) is 102 cm³/mol. The minimum atomic E-state index is -1.62. The molecule has 3 amide bonds. The van der Waals surface area contributed by atoms with Crippen molar-refractivity contribution >= 4 is 12.1 Å². The molecular formula is C19H29FN4O4. The Morgan fingerprint density at radius 2 is 2.00 bits per heavy atom. The van der Waals surface area contributed by atoms with Crippen LogP contribution >= 0.6 is 0 Å². The highest BCUT2D eigenvalue weighted by Gasteiger charge is 2.31. The fourth-order valence-corrected chi connectivity index (χ4v) is 2.63. The minimum Gasteiger partial charge on any atom is -0.445 e. The van der Waals surface area contributed by atoms with Crippen molar-refractivity contribution in [1.29, 1.82) is 0 Å². The lowest BCUT2D eigenvalue weighted by Crippen LogP contribution is -2.56. The van der Waals surface area contributed by atoms with Gasteiger partial charge in [-0.3, -0.25) is 11.1 Å². The Hall–Kier alpha value is -2.39. The summed E-state index contributed by atoms with van der Waals surface area (Å²) >= 11 is 0. The van der Waals surface area contributed by atoms with Crippen LogP contribution in [-0.4, -0.2) is 65.2 Å². The zero-order valence-corrected chi connectivity index (χ0v) is 16.3. The lowest BCUT2D eigenvalue weighted by molar-refractivity contribution is 0.0367. The van der Waals surface area contributed by atoms with Gasteiger partial charge < -0.3 is 19.6 Å². The number of nitrogens with zero attached hydrogens (tertiary/aromatic N) is 2. The molecule has 8 nitrogen and oxygen atoms in total. The Bertz CT molecular complexity index is 649. The number of benzene rings is 1. The molecule has 2 unspecified atom stereocenters. The summed E-state index contributed by atoms with van der Waals surface area (Å²) in [4.78, 5) is 25.7. The Kier molecular flexibility index (Phi) is 7.59. The second kappa shape index (κ2) is 9.70. The molecule has 1 heterocycles. The third-order valence-corrected chi connectivity index (χ3v) is 4.37. The molecule has 1 saturated carbocycles. The molecule has 2 fully saturated rings. The van der Waals surface area contributed by atoms with Crippen molar-refractivity contribution in [2.24, 2.45) is 5.73 Å². The van der Waals surface area contributed by atoms with Crippen LogP contribution in [0, 0.1) is 0 Å². The van der Waals surface area contributed by atoms with Crippen molar-refractivity contribution in [3.63, 3.8) is 0 Å². The monoisotopic (exact) mass is 396 g/mol. The zero-order chi connectivity index (χ0) is 20.7. The van der Waals surface area contributed by atoms with Gasteiger partial charge in [0.15, 0.2) is 5.85 Å². The first kappa shape index (κ1) is 21.9. The summed E-state index contributed by atoms with van der Waals surface area (Å²) in [5.74, 6) is -1.62. The van der Waals surface area contributed by atoms with Gasteiger partial charge in [-0.05, 0) is 31.7 Å². The number of aliphatic hydroxyl groups is 1. The molecule has 0 radical (unpaired) electrons. The number of amides is 3. The highest BCUT2D eigenvalue weighted by Crippen LogP contribution is 2.25. The molecule has 2 atom stereocenters. The Labute approximate surface area is 164 Å². The van der Waals surface area contributed by atoms with Gasteiger partial charge in [0.05, 0.1) is 6.54 Å². The summed E-state index contributed by atoms with van der Waals surface area (Å²) in [5.41, 5.74) is 6.13. The maximum absolute atomic E-state index is 12.8. The fourth-order valence-electron chi connectivity index (χ4n) is 2.63. The summed E-state index contributed by atoms with van der Waals surface area (Å²) < 4.78 is 17.9. The average molecular weight is 396 g/mol. The molecule has 3 rings (SSSR count). The molecule has 156 valence electrons. The van der Waals surface area contributed by atoms with Crippen LogP contribution in [-0.2, 0) is 11.3 Å². The van der Waals surface area contributed by atoms with Gasteiger partial charge in [-0.2, -0.15) is 0 Å². The van der Waals surface area contributed by atoms with Gasteiger partial charge in [-0.25, -0.2) is 14.0 Å². The van der Waals surface area contributed by atoms with Crippen molar-refractivity contribution in [3.05, 3.63) is 35.9 Å². The van der Waals surface area contributed by atoms with Crippen LogP contribution < -0.4 is 11.1 Å². The molecule has 4 N–H and O–H groups in total. The molecule has 0 bridgehead atoms. The van der Waals surface area contributed by atoms with E-state index in [4.69, 9.17) is 15.6 Å². The highest BCUT2D eigenvalue weighted by atomic mass is 19.1. The van der Waals surface area contributed by atoms with E-state index in [0.717, 1.165) is 18.4 Å². The van der Waals surface area contributed by atoms with E-state index >= 15 is 0 Å². The summed E-state index contributed by atoms with van der Waals surface area (Å²) in [7, 11) is 1.69. The zero-order valence-electron chi connectivity index (χ0n) is 16.3. The van der Waals surface area contributed by atoms with E-state index in [1.165, 1.54) is 11.8 Å². The van der Waals surface area contributed by atoms with Gasteiger partial charge in [0.25, 0.3) is 0 Å². The van der Waals surface area contributed by atoms with Gasteiger partial charge in [-0.1, -0.05) is 30.3 Å². The topological polar surface area (TPSA) is 108 Å². The Morgan fingerprint density at radius 1 is 1.36 bits per heavy atom. The number of hydrogen-bond acceptors (Lipinski definition) is 5. The molecule has 9 heteroatoms. The van der Waals surface area contributed by atoms with E-state index in [2.05, 4.69) is 5.32 Å². The second-order valence-corrected chi connectivity index (χ2v) is 7.29. The first-order valence-corrected chi connectivity index (χ1v) is 9.31. The number of alkyl halides is 1. The Morgan fingerprint density at radius 3 is 2.50 bits per heavy atom. The Balaban J connectivity index is 0.000000209. The molecule has 1 aromatic rings. The number of nitrogens with two attached hydrogens (primary N) is 1. The highest BCUT2D eigenvalue weighted by molar-refractivity contribution is 5.75. The predicted octanol–water partition coefficient (Wildman–Crippen LogP) is 1.78. The van der Waals surface area contributed by atoms with E-state index < -0.39 is 18.1 Å². The van der Waals surface area contributed by atoms with Crippen LogP contribution in [0.5, 0.6) is 0 Å². The van der Waals surface area contributed by atoms with Crippen molar-refractivity contribution in [2.45, 2.75) is 50.9 Å². The second-order valence-electron chi connectivity index (χ2n) is 7.29. The number of carbonyl (C=O) groups excluding carboxylic acids is 2. The molecule has 1 aliphatic heterocycles.